The van der Waals surface area contributed by atoms with Gasteiger partial charge < -0.3 is 10.1 Å². The zero-order chi connectivity index (χ0) is 13.8. The standard InChI is InChI=1S/C16H19N3O/c1-12-9-15(13-5-3-2-4-6-13)19-16(18-12)10-14-11-17-7-8-20-14/h2-6,9,14,17H,7-8,10-11H2,1H3. The van der Waals surface area contributed by atoms with E-state index in [2.05, 4.69) is 27.4 Å². The van der Waals surface area contributed by atoms with Crippen molar-refractivity contribution in [2.75, 3.05) is 19.7 Å². The summed E-state index contributed by atoms with van der Waals surface area (Å²) in [5, 5.41) is 3.34. The van der Waals surface area contributed by atoms with Crippen molar-refractivity contribution in [3.05, 3.63) is 47.9 Å². The lowest BCUT2D eigenvalue weighted by Crippen LogP contribution is -2.39. The van der Waals surface area contributed by atoms with Gasteiger partial charge in [0.25, 0.3) is 0 Å². The maximum absolute atomic E-state index is 5.72. The van der Waals surface area contributed by atoms with Crippen LogP contribution in [0.15, 0.2) is 36.4 Å². The molecule has 20 heavy (non-hydrogen) atoms. The molecule has 3 rings (SSSR count). The molecule has 1 aromatic heterocycles. The smallest absolute Gasteiger partial charge is 0.131 e. The van der Waals surface area contributed by atoms with E-state index in [4.69, 9.17) is 4.74 Å². The molecule has 2 heterocycles. The van der Waals surface area contributed by atoms with Gasteiger partial charge in [-0.1, -0.05) is 30.3 Å². The van der Waals surface area contributed by atoms with Gasteiger partial charge in [0.05, 0.1) is 18.4 Å². The second kappa shape index (κ2) is 6.11. The molecule has 0 bridgehead atoms. The van der Waals surface area contributed by atoms with Crippen LogP contribution in [0.2, 0.25) is 0 Å². The molecule has 104 valence electrons. The molecule has 1 fully saturated rings. The summed E-state index contributed by atoms with van der Waals surface area (Å²) in [4.78, 5) is 9.21. The minimum Gasteiger partial charge on any atom is -0.375 e. The second-order valence-electron chi connectivity index (χ2n) is 5.08. The first-order chi connectivity index (χ1) is 9.81. The Morgan fingerprint density at radius 2 is 2.10 bits per heavy atom. The number of rotatable bonds is 3. The highest BCUT2D eigenvalue weighted by Crippen LogP contribution is 2.18. The number of morpholine rings is 1. The molecule has 0 aliphatic carbocycles. The lowest BCUT2D eigenvalue weighted by Gasteiger charge is -2.23. The Bertz CT molecular complexity index is 565. The van der Waals surface area contributed by atoms with Gasteiger partial charge in [0.2, 0.25) is 0 Å². The van der Waals surface area contributed by atoms with Crippen LogP contribution in [-0.2, 0) is 11.2 Å². The Balaban J connectivity index is 1.83. The molecule has 0 radical (unpaired) electrons. The molecule has 4 nitrogen and oxygen atoms in total. The van der Waals surface area contributed by atoms with Gasteiger partial charge in [0.1, 0.15) is 5.82 Å². The van der Waals surface area contributed by atoms with Crippen LogP contribution in [0.3, 0.4) is 0 Å². The third-order valence-electron chi connectivity index (χ3n) is 3.38. The summed E-state index contributed by atoms with van der Waals surface area (Å²) < 4.78 is 5.72. The van der Waals surface area contributed by atoms with Gasteiger partial charge in [-0.3, -0.25) is 0 Å². The fourth-order valence-corrected chi connectivity index (χ4v) is 2.43. The summed E-state index contributed by atoms with van der Waals surface area (Å²) in [6.45, 7) is 4.58. The number of nitrogens with one attached hydrogen (secondary N) is 1. The van der Waals surface area contributed by atoms with E-state index in [9.17, 15) is 0 Å². The Morgan fingerprint density at radius 1 is 1.25 bits per heavy atom. The third-order valence-corrected chi connectivity index (χ3v) is 3.38. The first-order valence-corrected chi connectivity index (χ1v) is 7.03. The zero-order valence-electron chi connectivity index (χ0n) is 11.7. The van der Waals surface area contributed by atoms with Gasteiger partial charge in [-0.15, -0.1) is 0 Å². The molecule has 1 unspecified atom stereocenters. The van der Waals surface area contributed by atoms with Crippen LogP contribution >= 0.6 is 0 Å². The summed E-state index contributed by atoms with van der Waals surface area (Å²) in [5.41, 5.74) is 3.11. The second-order valence-corrected chi connectivity index (χ2v) is 5.08. The summed E-state index contributed by atoms with van der Waals surface area (Å²) in [7, 11) is 0. The Morgan fingerprint density at radius 3 is 2.85 bits per heavy atom. The Hall–Kier alpha value is -1.78. The SMILES string of the molecule is Cc1cc(-c2ccccc2)nc(CC2CNCCO2)n1. The van der Waals surface area contributed by atoms with Gasteiger partial charge in [-0.2, -0.15) is 0 Å². The number of aryl methyl sites for hydroxylation is 1. The molecule has 1 aromatic carbocycles. The van der Waals surface area contributed by atoms with E-state index in [1.807, 2.05) is 31.2 Å². The third kappa shape index (κ3) is 3.21. The molecule has 1 aliphatic rings. The van der Waals surface area contributed by atoms with E-state index in [1.54, 1.807) is 0 Å². The quantitative estimate of drug-likeness (QED) is 0.925. The van der Waals surface area contributed by atoms with Crippen LogP contribution in [0.4, 0.5) is 0 Å². The van der Waals surface area contributed by atoms with Crippen LogP contribution < -0.4 is 5.32 Å². The maximum Gasteiger partial charge on any atom is 0.131 e. The Kier molecular flexibility index (Phi) is 4.04. The molecule has 0 saturated carbocycles. The van der Waals surface area contributed by atoms with Crippen LogP contribution in [0.5, 0.6) is 0 Å². The molecule has 2 aromatic rings. The predicted octanol–water partition coefficient (Wildman–Crippen LogP) is 1.98. The fourth-order valence-electron chi connectivity index (χ4n) is 2.43. The van der Waals surface area contributed by atoms with Crippen molar-refractivity contribution < 1.29 is 4.74 Å². The van der Waals surface area contributed by atoms with Crippen molar-refractivity contribution in [1.29, 1.82) is 0 Å². The van der Waals surface area contributed by atoms with E-state index < -0.39 is 0 Å². The van der Waals surface area contributed by atoms with Crippen molar-refractivity contribution in [2.45, 2.75) is 19.4 Å². The first-order valence-electron chi connectivity index (χ1n) is 7.03. The molecule has 1 aliphatic heterocycles. The van der Waals surface area contributed by atoms with E-state index >= 15 is 0 Å². The number of ether oxygens (including phenoxy) is 1. The van der Waals surface area contributed by atoms with Crippen molar-refractivity contribution >= 4 is 0 Å². The average molecular weight is 269 g/mol. The van der Waals surface area contributed by atoms with Crippen LogP contribution in [0.1, 0.15) is 11.5 Å². The molecular formula is C16H19N3O. The van der Waals surface area contributed by atoms with E-state index in [0.717, 1.165) is 48.9 Å². The molecule has 4 heteroatoms. The molecule has 0 spiro atoms. The van der Waals surface area contributed by atoms with Crippen molar-refractivity contribution in [2.24, 2.45) is 0 Å². The van der Waals surface area contributed by atoms with Gasteiger partial charge in [0, 0.05) is 30.8 Å². The van der Waals surface area contributed by atoms with E-state index in [-0.39, 0.29) is 6.10 Å². The van der Waals surface area contributed by atoms with Crippen molar-refractivity contribution in [3.63, 3.8) is 0 Å². The normalized spacial score (nSPS) is 18.9. The van der Waals surface area contributed by atoms with E-state index in [0.29, 0.717) is 0 Å². The van der Waals surface area contributed by atoms with Crippen molar-refractivity contribution in [3.8, 4) is 11.3 Å². The highest BCUT2D eigenvalue weighted by atomic mass is 16.5. The summed E-state index contributed by atoms with van der Waals surface area (Å²) in [5.74, 6) is 0.859. The first kappa shape index (κ1) is 13.2. The number of nitrogens with zero attached hydrogens (tertiary/aromatic N) is 2. The van der Waals surface area contributed by atoms with Gasteiger partial charge in [-0.05, 0) is 13.0 Å². The number of hydrogen-bond acceptors (Lipinski definition) is 4. The lowest BCUT2D eigenvalue weighted by molar-refractivity contribution is 0.0280. The molecule has 1 saturated heterocycles. The monoisotopic (exact) mass is 269 g/mol. The Labute approximate surface area is 119 Å². The van der Waals surface area contributed by atoms with Crippen molar-refractivity contribution in [1.82, 2.24) is 15.3 Å². The maximum atomic E-state index is 5.72. The minimum absolute atomic E-state index is 0.175. The van der Waals surface area contributed by atoms with Crippen LogP contribution in [-0.4, -0.2) is 35.8 Å². The molecule has 1 N–H and O–H groups in total. The largest absolute Gasteiger partial charge is 0.375 e. The van der Waals surface area contributed by atoms with Crippen LogP contribution in [0, 0.1) is 6.92 Å². The summed E-state index contributed by atoms with van der Waals surface area (Å²) in [6, 6.07) is 12.2. The highest BCUT2D eigenvalue weighted by molar-refractivity contribution is 5.58. The lowest BCUT2D eigenvalue weighted by atomic mass is 10.1. The van der Waals surface area contributed by atoms with Gasteiger partial charge >= 0.3 is 0 Å². The van der Waals surface area contributed by atoms with Crippen LogP contribution in [0.25, 0.3) is 11.3 Å². The number of hydrogen-bond donors (Lipinski definition) is 1. The predicted molar refractivity (Wildman–Crippen MR) is 78.5 cm³/mol. The van der Waals surface area contributed by atoms with Gasteiger partial charge in [0.15, 0.2) is 0 Å². The summed E-state index contributed by atoms with van der Waals surface area (Å²) >= 11 is 0. The molecule has 0 amide bonds. The zero-order valence-corrected chi connectivity index (χ0v) is 11.7. The number of aromatic nitrogens is 2. The number of benzene rings is 1. The summed E-state index contributed by atoms with van der Waals surface area (Å²) in [6.07, 6.45) is 0.934. The molecular weight excluding hydrogens is 250 g/mol. The fraction of sp³-hybridized carbons (Fsp3) is 0.375. The highest BCUT2D eigenvalue weighted by Gasteiger charge is 2.16. The van der Waals surface area contributed by atoms with Gasteiger partial charge in [-0.25, -0.2) is 9.97 Å². The molecule has 1 atom stereocenters. The van der Waals surface area contributed by atoms with E-state index in [1.165, 1.54) is 0 Å². The average Bonchev–Trinajstić information content (AvgIpc) is 2.49. The topological polar surface area (TPSA) is 47.0 Å². The minimum atomic E-state index is 0.175.